The molecule has 1 atom stereocenters. The number of carbonyl (C=O) groups excluding carboxylic acids is 1. The fraction of sp³-hybridized carbons (Fsp3) is 0.316. The number of nitrogens with zero attached hydrogens (tertiary/aromatic N) is 2. The van der Waals surface area contributed by atoms with Crippen LogP contribution in [0.3, 0.4) is 0 Å². The minimum atomic E-state index is -3.78. The lowest BCUT2D eigenvalue weighted by Crippen LogP contribution is -2.22. The van der Waals surface area contributed by atoms with Crippen LogP contribution in [0.5, 0.6) is 0 Å². The number of carbonyl (C=O) groups is 1. The lowest BCUT2D eigenvalue weighted by atomic mass is 10.1. The van der Waals surface area contributed by atoms with Crippen LogP contribution in [0.2, 0.25) is 0 Å². The molecule has 0 saturated heterocycles. The second-order valence-corrected chi connectivity index (χ2v) is 9.57. The second-order valence-electron chi connectivity index (χ2n) is 6.68. The van der Waals surface area contributed by atoms with Crippen LogP contribution in [0.15, 0.2) is 46.3 Å². The summed E-state index contributed by atoms with van der Waals surface area (Å²) in [5.41, 5.74) is 1.75. The van der Waals surface area contributed by atoms with E-state index in [9.17, 15) is 18.5 Å². The van der Waals surface area contributed by atoms with E-state index in [2.05, 4.69) is 30.2 Å². The van der Waals surface area contributed by atoms with Crippen molar-refractivity contribution in [1.29, 1.82) is 5.26 Å². The van der Waals surface area contributed by atoms with Gasteiger partial charge in [0.2, 0.25) is 15.9 Å². The van der Waals surface area contributed by atoms with Crippen LogP contribution in [0.25, 0.3) is 0 Å². The Morgan fingerprint density at radius 3 is 2.39 bits per heavy atom. The summed E-state index contributed by atoms with van der Waals surface area (Å²) in [6.45, 7) is 5.89. The van der Waals surface area contributed by atoms with Crippen LogP contribution < -0.4 is 10.5 Å². The smallest absolute Gasteiger partial charge is 0.238 e. The number of aromatic nitrogens is 1. The monoisotopic (exact) mass is 418 g/mol. The van der Waals surface area contributed by atoms with Crippen LogP contribution >= 0.6 is 11.8 Å². The van der Waals surface area contributed by atoms with E-state index < -0.39 is 15.3 Å². The van der Waals surface area contributed by atoms with Gasteiger partial charge in [0.05, 0.1) is 15.7 Å². The van der Waals surface area contributed by atoms with Gasteiger partial charge in [0.15, 0.2) is 0 Å². The summed E-state index contributed by atoms with van der Waals surface area (Å²) in [6, 6.07) is 11.3. The number of amides is 1. The molecule has 28 heavy (non-hydrogen) atoms. The molecule has 0 aliphatic heterocycles. The fourth-order valence-electron chi connectivity index (χ4n) is 2.38. The highest BCUT2D eigenvalue weighted by molar-refractivity contribution is 8.00. The van der Waals surface area contributed by atoms with Crippen molar-refractivity contribution in [3.05, 3.63) is 47.7 Å². The normalized spacial score (nSPS) is 12.4. The Morgan fingerprint density at radius 1 is 1.21 bits per heavy atom. The van der Waals surface area contributed by atoms with E-state index in [1.54, 1.807) is 13.0 Å². The molecule has 1 amide bonds. The standard InChI is InChI=1S/C19H22N4O3S2/c1-12(2)10-16-5-4-14(11-20)19(23-16)27-13(3)18(24)22-15-6-8-17(9-7-15)28(21,25)26/h4-9,12-13H,10H2,1-3H3,(H,22,24)(H2,21,25,26). The molecule has 9 heteroatoms. The van der Waals surface area contributed by atoms with E-state index in [1.165, 1.54) is 36.0 Å². The SMILES string of the molecule is CC(C)Cc1ccc(C#N)c(SC(C)C(=O)Nc2ccc(S(N)(=O)=O)cc2)n1. The predicted octanol–water partition coefficient (Wildman–Crippen LogP) is 2.92. The first-order chi connectivity index (χ1) is 13.1. The second kappa shape index (κ2) is 9.19. The number of hydrogen-bond acceptors (Lipinski definition) is 6. The Balaban J connectivity index is 2.11. The first kappa shape index (κ1) is 21.9. The van der Waals surface area contributed by atoms with Crippen LogP contribution in [-0.2, 0) is 21.2 Å². The molecule has 0 aliphatic carbocycles. The van der Waals surface area contributed by atoms with Gasteiger partial charge in [-0.1, -0.05) is 25.6 Å². The molecule has 7 nitrogen and oxygen atoms in total. The molecule has 0 fully saturated rings. The maximum absolute atomic E-state index is 12.5. The van der Waals surface area contributed by atoms with Crippen LogP contribution in [0, 0.1) is 17.2 Å². The number of nitriles is 1. The Morgan fingerprint density at radius 2 is 1.86 bits per heavy atom. The van der Waals surface area contributed by atoms with Crippen molar-refractivity contribution >= 4 is 33.4 Å². The largest absolute Gasteiger partial charge is 0.325 e. The van der Waals surface area contributed by atoms with Gasteiger partial charge in [-0.25, -0.2) is 18.5 Å². The summed E-state index contributed by atoms with van der Waals surface area (Å²) in [5, 5.41) is 17.1. The van der Waals surface area contributed by atoms with E-state index in [0.717, 1.165) is 12.1 Å². The van der Waals surface area contributed by atoms with E-state index in [4.69, 9.17) is 5.14 Å². The molecule has 1 aromatic heterocycles. The van der Waals surface area contributed by atoms with Gasteiger partial charge in [-0.05, 0) is 55.7 Å². The number of rotatable bonds is 7. The average Bonchev–Trinajstić information content (AvgIpc) is 2.61. The maximum atomic E-state index is 12.5. The highest BCUT2D eigenvalue weighted by atomic mass is 32.2. The van der Waals surface area contributed by atoms with Gasteiger partial charge in [0.25, 0.3) is 0 Å². The van der Waals surface area contributed by atoms with Crippen molar-refractivity contribution in [3.8, 4) is 6.07 Å². The van der Waals surface area contributed by atoms with Gasteiger partial charge in [0, 0.05) is 11.4 Å². The third kappa shape index (κ3) is 6.05. The van der Waals surface area contributed by atoms with Crippen molar-refractivity contribution in [2.75, 3.05) is 5.32 Å². The number of nitrogens with one attached hydrogen (secondary N) is 1. The Kier molecular flexibility index (Phi) is 7.18. The number of anilines is 1. The van der Waals surface area contributed by atoms with Crippen LogP contribution in [-0.4, -0.2) is 24.6 Å². The highest BCUT2D eigenvalue weighted by Crippen LogP contribution is 2.26. The van der Waals surface area contributed by atoms with Crippen molar-refractivity contribution in [3.63, 3.8) is 0 Å². The lowest BCUT2D eigenvalue weighted by Gasteiger charge is -2.14. The minimum Gasteiger partial charge on any atom is -0.325 e. The first-order valence-corrected chi connectivity index (χ1v) is 11.0. The molecule has 1 unspecified atom stereocenters. The van der Waals surface area contributed by atoms with Gasteiger partial charge < -0.3 is 5.32 Å². The molecule has 2 aromatic rings. The number of thioether (sulfide) groups is 1. The highest BCUT2D eigenvalue weighted by Gasteiger charge is 2.18. The van der Waals surface area contributed by atoms with Gasteiger partial charge in [-0.3, -0.25) is 4.79 Å². The molecule has 0 aliphatic rings. The summed E-state index contributed by atoms with van der Waals surface area (Å²) in [5.74, 6) is 0.146. The lowest BCUT2D eigenvalue weighted by molar-refractivity contribution is -0.115. The number of pyridine rings is 1. The third-order valence-corrected chi connectivity index (χ3v) is 5.80. The van der Waals surface area contributed by atoms with Crippen LogP contribution in [0.1, 0.15) is 32.0 Å². The molecular formula is C19H22N4O3S2. The summed E-state index contributed by atoms with van der Waals surface area (Å²) in [6.07, 6.45) is 0.788. The summed E-state index contributed by atoms with van der Waals surface area (Å²) in [4.78, 5) is 17.0. The number of sulfonamides is 1. The summed E-state index contributed by atoms with van der Waals surface area (Å²) in [7, 11) is -3.78. The zero-order valence-electron chi connectivity index (χ0n) is 15.8. The quantitative estimate of drug-likeness (QED) is 0.666. The Labute approximate surface area is 169 Å². The van der Waals surface area contributed by atoms with E-state index in [0.29, 0.717) is 22.2 Å². The molecule has 2 rings (SSSR count). The molecule has 148 valence electrons. The predicted molar refractivity (Wildman–Crippen MR) is 109 cm³/mol. The van der Waals surface area contributed by atoms with Gasteiger partial charge in [0.1, 0.15) is 11.1 Å². The average molecular weight is 419 g/mol. The Hall–Kier alpha value is -2.41. The van der Waals surface area contributed by atoms with Gasteiger partial charge in [-0.2, -0.15) is 5.26 Å². The zero-order chi connectivity index (χ0) is 20.9. The van der Waals surface area contributed by atoms with E-state index >= 15 is 0 Å². The molecule has 0 spiro atoms. The molecule has 0 radical (unpaired) electrons. The van der Waals surface area contributed by atoms with Crippen LogP contribution in [0.4, 0.5) is 5.69 Å². The van der Waals surface area contributed by atoms with Crippen molar-refractivity contribution in [2.24, 2.45) is 11.1 Å². The minimum absolute atomic E-state index is 0.0299. The number of hydrogen-bond donors (Lipinski definition) is 2. The summed E-state index contributed by atoms with van der Waals surface area (Å²) < 4.78 is 22.6. The van der Waals surface area contributed by atoms with Gasteiger partial charge in [-0.15, -0.1) is 0 Å². The molecule has 1 aromatic carbocycles. The van der Waals surface area contributed by atoms with E-state index in [-0.39, 0.29) is 10.8 Å². The fourth-order valence-corrected chi connectivity index (χ4v) is 3.81. The summed E-state index contributed by atoms with van der Waals surface area (Å²) >= 11 is 1.21. The molecular weight excluding hydrogens is 396 g/mol. The number of primary sulfonamides is 1. The van der Waals surface area contributed by atoms with Crippen molar-refractivity contribution in [2.45, 2.75) is 42.4 Å². The zero-order valence-corrected chi connectivity index (χ0v) is 17.5. The number of benzene rings is 1. The first-order valence-electron chi connectivity index (χ1n) is 8.60. The third-order valence-electron chi connectivity index (χ3n) is 3.76. The Bertz CT molecular complexity index is 997. The molecule has 1 heterocycles. The topological polar surface area (TPSA) is 126 Å². The van der Waals surface area contributed by atoms with Crippen molar-refractivity contribution in [1.82, 2.24) is 4.98 Å². The van der Waals surface area contributed by atoms with Gasteiger partial charge >= 0.3 is 0 Å². The van der Waals surface area contributed by atoms with E-state index in [1.807, 2.05) is 6.07 Å². The molecule has 3 N–H and O–H groups in total. The molecule has 0 bridgehead atoms. The number of nitrogens with two attached hydrogens (primary N) is 1. The molecule has 0 saturated carbocycles. The van der Waals surface area contributed by atoms with Crippen molar-refractivity contribution < 1.29 is 13.2 Å². The maximum Gasteiger partial charge on any atom is 0.238 e.